The van der Waals surface area contributed by atoms with E-state index in [2.05, 4.69) is 5.32 Å². The van der Waals surface area contributed by atoms with Gasteiger partial charge in [0.1, 0.15) is 0 Å². The van der Waals surface area contributed by atoms with Crippen molar-refractivity contribution >= 4 is 15.9 Å². The lowest BCUT2D eigenvalue weighted by molar-refractivity contribution is -0.121. The highest BCUT2D eigenvalue weighted by molar-refractivity contribution is 7.88. The number of rotatable bonds is 9. The molecule has 0 aliphatic carbocycles. The Bertz CT molecular complexity index is 556. The lowest BCUT2D eigenvalue weighted by atomic mass is 10.1. The van der Waals surface area contributed by atoms with Crippen molar-refractivity contribution in [3.63, 3.8) is 0 Å². The Morgan fingerprint density at radius 1 is 1.23 bits per heavy atom. The third kappa shape index (κ3) is 7.56. The zero-order valence-electron chi connectivity index (χ0n) is 13.6. The number of hydrogen-bond donors (Lipinski definition) is 1. The van der Waals surface area contributed by atoms with Crippen LogP contribution in [0.25, 0.3) is 0 Å². The second-order valence-corrected chi connectivity index (χ2v) is 7.87. The SMILES string of the molecule is CC(C)CNC(=O)CN(CCCc1ccccc1)S(C)(=O)=O. The number of aryl methyl sites for hydroxylation is 1. The molecule has 0 saturated heterocycles. The third-order valence-corrected chi connectivity index (χ3v) is 4.46. The van der Waals surface area contributed by atoms with E-state index in [0.29, 0.717) is 25.4 Å². The van der Waals surface area contributed by atoms with Crippen LogP contribution in [0.1, 0.15) is 25.8 Å². The molecule has 1 rings (SSSR count). The van der Waals surface area contributed by atoms with E-state index in [9.17, 15) is 13.2 Å². The van der Waals surface area contributed by atoms with E-state index in [0.717, 1.165) is 12.7 Å². The Morgan fingerprint density at radius 2 is 1.86 bits per heavy atom. The molecule has 0 aliphatic rings. The van der Waals surface area contributed by atoms with Crippen LogP contribution in [0.4, 0.5) is 0 Å². The average molecular weight is 326 g/mol. The van der Waals surface area contributed by atoms with Crippen molar-refractivity contribution in [2.24, 2.45) is 5.92 Å². The predicted octanol–water partition coefficient (Wildman–Crippen LogP) is 1.65. The van der Waals surface area contributed by atoms with E-state index < -0.39 is 10.0 Å². The van der Waals surface area contributed by atoms with Gasteiger partial charge in [0.25, 0.3) is 0 Å². The number of amides is 1. The zero-order chi connectivity index (χ0) is 16.6. The van der Waals surface area contributed by atoms with Crippen LogP contribution in [0.5, 0.6) is 0 Å². The van der Waals surface area contributed by atoms with Crippen molar-refractivity contribution in [2.45, 2.75) is 26.7 Å². The number of sulfonamides is 1. The minimum atomic E-state index is -3.38. The Balaban J connectivity index is 2.49. The molecular formula is C16H26N2O3S. The van der Waals surface area contributed by atoms with Gasteiger partial charge in [0.2, 0.25) is 15.9 Å². The molecule has 0 bridgehead atoms. The van der Waals surface area contributed by atoms with Gasteiger partial charge in [0.05, 0.1) is 12.8 Å². The summed E-state index contributed by atoms with van der Waals surface area (Å²) in [6.07, 6.45) is 2.63. The van der Waals surface area contributed by atoms with E-state index in [1.807, 2.05) is 44.2 Å². The molecule has 1 aromatic rings. The van der Waals surface area contributed by atoms with Gasteiger partial charge in [0.15, 0.2) is 0 Å². The Hall–Kier alpha value is -1.40. The molecule has 0 unspecified atom stereocenters. The third-order valence-electron chi connectivity index (χ3n) is 3.21. The summed E-state index contributed by atoms with van der Waals surface area (Å²) >= 11 is 0. The summed E-state index contributed by atoms with van der Waals surface area (Å²) in [6.45, 7) is 4.78. The van der Waals surface area contributed by atoms with Gasteiger partial charge in [-0.05, 0) is 24.3 Å². The molecule has 124 valence electrons. The van der Waals surface area contributed by atoms with Crippen LogP contribution in [0, 0.1) is 5.92 Å². The van der Waals surface area contributed by atoms with Crippen molar-refractivity contribution in [3.05, 3.63) is 35.9 Å². The van der Waals surface area contributed by atoms with Crippen LogP contribution >= 0.6 is 0 Å². The van der Waals surface area contributed by atoms with Crippen molar-refractivity contribution in [3.8, 4) is 0 Å². The van der Waals surface area contributed by atoms with E-state index in [-0.39, 0.29) is 12.5 Å². The van der Waals surface area contributed by atoms with Crippen LogP contribution in [-0.2, 0) is 21.2 Å². The minimum Gasteiger partial charge on any atom is -0.355 e. The van der Waals surface area contributed by atoms with Gasteiger partial charge >= 0.3 is 0 Å². The first-order valence-electron chi connectivity index (χ1n) is 7.55. The Kier molecular flexibility index (Phi) is 7.55. The molecule has 6 heteroatoms. The van der Waals surface area contributed by atoms with Crippen molar-refractivity contribution in [1.82, 2.24) is 9.62 Å². The van der Waals surface area contributed by atoms with Gasteiger partial charge in [-0.15, -0.1) is 0 Å². The first-order valence-corrected chi connectivity index (χ1v) is 9.39. The Morgan fingerprint density at radius 3 is 2.41 bits per heavy atom. The smallest absolute Gasteiger partial charge is 0.235 e. The van der Waals surface area contributed by atoms with Crippen LogP contribution < -0.4 is 5.32 Å². The maximum atomic E-state index is 11.8. The van der Waals surface area contributed by atoms with Crippen molar-refractivity contribution in [2.75, 3.05) is 25.9 Å². The molecule has 0 fully saturated rings. The molecule has 0 atom stereocenters. The fraction of sp³-hybridized carbons (Fsp3) is 0.562. The normalized spacial score (nSPS) is 11.9. The molecule has 5 nitrogen and oxygen atoms in total. The summed E-state index contributed by atoms with van der Waals surface area (Å²) in [6, 6.07) is 9.90. The lowest BCUT2D eigenvalue weighted by Crippen LogP contribution is -2.41. The minimum absolute atomic E-state index is 0.111. The molecule has 0 heterocycles. The first kappa shape index (κ1) is 18.6. The van der Waals surface area contributed by atoms with E-state index in [1.54, 1.807) is 0 Å². The van der Waals surface area contributed by atoms with Crippen LogP contribution in [0.3, 0.4) is 0 Å². The molecule has 0 saturated carbocycles. The second-order valence-electron chi connectivity index (χ2n) is 5.88. The average Bonchev–Trinajstić information content (AvgIpc) is 2.44. The summed E-state index contributed by atoms with van der Waals surface area (Å²) in [4.78, 5) is 11.8. The predicted molar refractivity (Wildman–Crippen MR) is 89.0 cm³/mol. The molecule has 0 aliphatic heterocycles. The van der Waals surface area contributed by atoms with Crippen LogP contribution in [-0.4, -0.2) is 44.5 Å². The van der Waals surface area contributed by atoms with Gasteiger partial charge in [-0.25, -0.2) is 8.42 Å². The van der Waals surface area contributed by atoms with Gasteiger partial charge in [-0.2, -0.15) is 4.31 Å². The molecule has 0 spiro atoms. The summed E-state index contributed by atoms with van der Waals surface area (Å²) in [5, 5.41) is 2.75. The Labute approximate surface area is 133 Å². The number of nitrogens with zero attached hydrogens (tertiary/aromatic N) is 1. The van der Waals surface area contributed by atoms with Crippen LogP contribution in [0.2, 0.25) is 0 Å². The summed E-state index contributed by atoms with van der Waals surface area (Å²) in [5.41, 5.74) is 1.17. The summed E-state index contributed by atoms with van der Waals surface area (Å²) < 4.78 is 24.8. The highest BCUT2D eigenvalue weighted by atomic mass is 32.2. The standard InChI is InChI=1S/C16H26N2O3S/c1-14(2)12-17-16(19)13-18(22(3,20)21)11-7-10-15-8-5-4-6-9-15/h4-6,8-9,14H,7,10-13H2,1-3H3,(H,17,19). The topological polar surface area (TPSA) is 66.5 Å². The highest BCUT2D eigenvalue weighted by Gasteiger charge is 2.19. The number of hydrogen-bond acceptors (Lipinski definition) is 3. The van der Waals surface area contributed by atoms with Crippen molar-refractivity contribution in [1.29, 1.82) is 0 Å². The quantitative estimate of drug-likeness (QED) is 0.750. The second kappa shape index (κ2) is 8.90. The molecule has 22 heavy (non-hydrogen) atoms. The fourth-order valence-corrected chi connectivity index (χ4v) is 2.81. The van der Waals surface area contributed by atoms with Gasteiger partial charge in [0, 0.05) is 13.1 Å². The molecule has 1 N–H and O–H groups in total. The van der Waals surface area contributed by atoms with Gasteiger partial charge < -0.3 is 5.32 Å². The summed E-state index contributed by atoms with van der Waals surface area (Å²) in [7, 11) is -3.38. The molecule has 1 aromatic carbocycles. The maximum Gasteiger partial charge on any atom is 0.235 e. The molecule has 1 amide bonds. The number of carbonyl (C=O) groups is 1. The maximum absolute atomic E-state index is 11.8. The molecule has 0 radical (unpaired) electrons. The monoisotopic (exact) mass is 326 g/mol. The van der Waals surface area contributed by atoms with Crippen molar-refractivity contribution < 1.29 is 13.2 Å². The number of nitrogens with one attached hydrogen (secondary N) is 1. The molecule has 0 aromatic heterocycles. The largest absolute Gasteiger partial charge is 0.355 e. The lowest BCUT2D eigenvalue weighted by Gasteiger charge is -2.19. The summed E-state index contributed by atoms with van der Waals surface area (Å²) in [5.74, 6) is 0.0903. The zero-order valence-corrected chi connectivity index (χ0v) is 14.4. The first-order chi connectivity index (χ1) is 10.3. The number of benzene rings is 1. The van der Waals surface area contributed by atoms with Gasteiger partial charge in [-0.3, -0.25) is 4.79 Å². The van der Waals surface area contributed by atoms with Crippen LogP contribution in [0.15, 0.2) is 30.3 Å². The van der Waals surface area contributed by atoms with E-state index >= 15 is 0 Å². The van der Waals surface area contributed by atoms with E-state index in [4.69, 9.17) is 0 Å². The highest BCUT2D eigenvalue weighted by Crippen LogP contribution is 2.06. The van der Waals surface area contributed by atoms with Gasteiger partial charge in [-0.1, -0.05) is 44.2 Å². The van der Waals surface area contributed by atoms with E-state index in [1.165, 1.54) is 9.87 Å². The fourth-order valence-electron chi connectivity index (χ4n) is 2.00. The number of carbonyl (C=O) groups excluding carboxylic acids is 1. The molecular weight excluding hydrogens is 300 g/mol.